The summed E-state index contributed by atoms with van der Waals surface area (Å²) in [7, 11) is 0. The van der Waals surface area contributed by atoms with Crippen molar-refractivity contribution in [2.24, 2.45) is 0 Å². The fourth-order valence-electron chi connectivity index (χ4n) is 3.31. The van der Waals surface area contributed by atoms with Crippen LogP contribution in [0.4, 0.5) is 0 Å². The van der Waals surface area contributed by atoms with E-state index in [0.717, 1.165) is 11.8 Å². The van der Waals surface area contributed by atoms with Crippen molar-refractivity contribution in [3.05, 3.63) is 35.9 Å². The van der Waals surface area contributed by atoms with Crippen LogP contribution in [0.15, 0.2) is 30.3 Å². The molecule has 1 aromatic carbocycles. The summed E-state index contributed by atoms with van der Waals surface area (Å²) in [6, 6.07) is 8.54. The normalized spacial score (nSPS) is 28.4. The molecule has 3 rings (SSSR count). The Kier molecular flexibility index (Phi) is 6.62. The predicted octanol–water partition coefficient (Wildman–Crippen LogP) is 2.30. The number of hydrogen-bond donors (Lipinski definition) is 0. The van der Waals surface area contributed by atoms with E-state index < -0.39 is 47.6 Å². The molecule has 9 heteroatoms. The lowest BCUT2D eigenvalue weighted by Crippen LogP contribution is -2.44. The summed E-state index contributed by atoms with van der Waals surface area (Å²) in [6.45, 7) is 6.08. The van der Waals surface area contributed by atoms with Crippen LogP contribution in [-0.2, 0) is 33.3 Å². The number of esters is 2. The van der Waals surface area contributed by atoms with Crippen molar-refractivity contribution in [1.82, 2.24) is 0 Å². The number of hydrogen-bond acceptors (Lipinski definition) is 9. The van der Waals surface area contributed by atoms with Crippen molar-refractivity contribution in [2.75, 3.05) is 6.61 Å². The third-order valence-electron chi connectivity index (χ3n) is 4.41. The Labute approximate surface area is 173 Å². The first-order valence-corrected chi connectivity index (χ1v) is 10.1. The van der Waals surface area contributed by atoms with Gasteiger partial charge in [0.15, 0.2) is 29.4 Å². The molecule has 2 saturated heterocycles. The van der Waals surface area contributed by atoms with Gasteiger partial charge in [-0.2, -0.15) is 0 Å². The Hall–Kier alpha value is -1.94. The third kappa shape index (κ3) is 5.36. The van der Waals surface area contributed by atoms with Crippen LogP contribution < -0.4 is 0 Å². The van der Waals surface area contributed by atoms with Gasteiger partial charge in [-0.3, -0.25) is 9.59 Å². The SMILES string of the molecule is CC(=O)OC[C@@H](SC(C)=O)[C@H]1O[C@@H]2OC(C)(C)O[C@@H]2[C@H]1OC(=O)c1ccccc1. The van der Waals surface area contributed by atoms with E-state index in [2.05, 4.69) is 0 Å². The summed E-state index contributed by atoms with van der Waals surface area (Å²) in [4.78, 5) is 35.7. The van der Waals surface area contributed by atoms with Gasteiger partial charge >= 0.3 is 11.9 Å². The average molecular weight is 424 g/mol. The van der Waals surface area contributed by atoms with Crippen molar-refractivity contribution in [3.63, 3.8) is 0 Å². The molecule has 0 N–H and O–H groups in total. The quantitative estimate of drug-likeness (QED) is 0.637. The second-order valence-electron chi connectivity index (χ2n) is 7.26. The monoisotopic (exact) mass is 424 g/mol. The van der Waals surface area contributed by atoms with E-state index in [4.69, 9.17) is 23.7 Å². The minimum atomic E-state index is -0.906. The van der Waals surface area contributed by atoms with Gasteiger partial charge in [0.1, 0.15) is 12.7 Å². The Balaban J connectivity index is 1.84. The van der Waals surface area contributed by atoms with Crippen LogP contribution in [0.25, 0.3) is 0 Å². The van der Waals surface area contributed by atoms with Gasteiger partial charge < -0.3 is 23.7 Å². The number of carbonyl (C=O) groups is 3. The number of carbonyl (C=O) groups excluding carboxylic acids is 3. The highest BCUT2D eigenvalue weighted by Gasteiger charge is 2.58. The summed E-state index contributed by atoms with van der Waals surface area (Å²) < 4.78 is 28.5. The summed E-state index contributed by atoms with van der Waals surface area (Å²) >= 11 is 0.960. The average Bonchev–Trinajstić information content (AvgIpc) is 3.11. The number of thioether (sulfide) groups is 1. The Morgan fingerprint density at radius 1 is 1.14 bits per heavy atom. The number of benzene rings is 1. The molecule has 1 aromatic rings. The van der Waals surface area contributed by atoms with E-state index in [9.17, 15) is 14.4 Å². The van der Waals surface area contributed by atoms with Gasteiger partial charge in [-0.1, -0.05) is 30.0 Å². The van der Waals surface area contributed by atoms with Crippen molar-refractivity contribution in [3.8, 4) is 0 Å². The van der Waals surface area contributed by atoms with Crippen LogP contribution in [-0.4, -0.2) is 59.3 Å². The van der Waals surface area contributed by atoms with Crippen LogP contribution in [0.3, 0.4) is 0 Å². The molecule has 8 nitrogen and oxygen atoms in total. The number of ether oxygens (including phenoxy) is 5. The molecule has 0 spiro atoms. The molecule has 29 heavy (non-hydrogen) atoms. The highest BCUT2D eigenvalue weighted by Crippen LogP contribution is 2.42. The Morgan fingerprint density at radius 2 is 1.83 bits per heavy atom. The lowest BCUT2D eigenvalue weighted by Gasteiger charge is -2.29. The molecule has 2 aliphatic heterocycles. The lowest BCUT2D eigenvalue weighted by atomic mass is 10.1. The zero-order valence-corrected chi connectivity index (χ0v) is 17.5. The molecule has 0 aromatic heterocycles. The predicted molar refractivity (Wildman–Crippen MR) is 103 cm³/mol. The molecule has 0 bridgehead atoms. The van der Waals surface area contributed by atoms with E-state index in [0.29, 0.717) is 5.56 Å². The van der Waals surface area contributed by atoms with Crippen molar-refractivity contribution in [2.45, 2.75) is 63.3 Å². The summed E-state index contributed by atoms with van der Waals surface area (Å²) in [5.74, 6) is -1.93. The number of rotatable bonds is 6. The van der Waals surface area contributed by atoms with E-state index in [1.807, 2.05) is 0 Å². The highest BCUT2D eigenvalue weighted by molar-refractivity contribution is 8.14. The van der Waals surface area contributed by atoms with Crippen LogP contribution in [0, 0.1) is 0 Å². The van der Waals surface area contributed by atoms with Crippen LogP contribution in [0.5, 0.6) is 0 Å². The van der Waals surface area contributed by atoms with Gasteiger partial charge in [-0.25, -0.2) is 4.79 Å². The van der Waals surface area contributed by atoms with Crippen LogP contribution in [0.2, 0.25) is 0 Å². The fourth-order valence-corrected chi connectivity index (χ4v) is 4.23. The molecule has 158 valence electrons. The first-order chi connectivity index (χ1) is 13.7. The maximum absolute atomic E-state index is 12.7. The van der Waals surface area contributed by atoms with E-state index in [1.54, 1.807) is 44.2 Å². The van der Waals surface area contributed by atoms with E-state index in [-0.39, 0.29) is 11.7 Å². The standard InChI is InChI=1S/C20H24O8S/c1-11(21)24-10-14(29-12(2)22)15-16(17-19(26-15)28-20(3,4)27-17)25-18(23)13-8-6-5-7-9-13/h5-9,14-17,19H,10H2,1-4H3/t14-,15-,16+,17-,19-/m1/s1. The molecule has 0 amide bonds. The third-order valence-corrected chi connectivity index (χ3v) is 5.45. The zero-order valence-electron chi connectivity index (χ0n) is 16.7. The minimum Gasteiger partial charge on any atom is -0.465 e. The zero-order chi connectivity index (χ0) is 21.2. The van der Waals surface area contributed by atoms with E-state index in [1.165, 1.54) is 13.8 Å². The van der Waals surface area contributed by atoms with Gasteiger partial charge in [0.05, 0.1) is 10.8 Å². The Bertz CT molecular complexity index is 765. The van der Waals surface area contributed by atoms with Crippen molar-refractivity contribution < 1.29 is 38.1 Å². The highest BCUT2D eigenvalue weighted by atomic mass is 32.2. The smallest absolute Gasteiger partial charge is 0.338 e. The summed E-state index contributed by atoms with van der Waals surface area (Å²) in [6.07, 6.45) is -3.05. The van der Waals surface area contributed by atoms with Gasteiger partial charge in [-0.15, -0.1) is 0 Å². The summed E-state index contributed by atoms with van der Waals surface area (Å²) in [5.41, 5.74) is 0.378. The van der Waals surface area contributed by atoms with Crippen molar-refractivity contribution in [1.29, 1.82) is 0 Å². The molecule has 0 aliphatic carbocycles. The topological polar surface area (TPSA) is 97.4 Å². The molecule has 0 unspecified atom stereocenters. The van der Waals surface area contributed by atoms with Crippen LogP contribution in [0.1, 0.15) is 38.1 Å². The minimum absolute atomic E-state index is 0.0769. The summed E-state index contributed by atoms with van der Waals surface area (Å²) in [5, 5.41) is -0.774. The molecule has 0 saturated carbocycles. The van der Waals surface area contributed by atoms with Crippen molar-refractivity contribution >= 4 is 28.8 Å². The molecular formula is C20H24O8S. The maximum atomic E-state index is 12.7. The molecule has 0 radical (unpaired) electrons. The van der Waals surface area contributed by atoms with Gasteiger partial charge in [0.25, 0.3) is 0 Å². The first kappa shape index (κ1) is 21.8. The first-order valence-electron chi connectivity index (χ1n) is 9.24. The molecular weight excluding hydrogens is 400 g/mol. The van der Waals surface area contributed by atoms with E-state index >= 15 is 0 Å². The van der Waals surface area contributed by atoms with Gasteiger partial charge in [-0.05, 0) is 26.0 Å². The van der Waals surface area contributed by atoms with Gasteiger partial charge in [0, 0.05) is 13.8 Å². The van der Waals surface area contributed by atoms with Crippen LogP contribution >= 0.6 is 11.8 Å². The molecule has 5 atom stereocenters. The molecule has 2 fully saturated rings. The maximum Gasteiger partial charge on any atom is 0.338 e. The Morgan fingerprint density at radius 3 is 2.45 bits per heavy atom. The van der Waals surface area contributed by atoms with Gasteiger partial charge in [0.2, 0.25) is 0 Å². The number of fused-ring (bicyclic) bond motifs is 1. The largest absolute Gasteiger partial charge is 0.465 e. The molecule has 2 heterocycles. The second kappa shape index (κ2) is 8.83. The fraction of sp³-hybridized carbons (Fsp3) is 0.550. The molecule has 2 aliphatic rings. The lowest BCUT2D eigenvalue weighted by molar-refractivity contribution is -0.215. The second-order valence-corrected chi connectivity index (χ2v) is 8.67.